The van der Waals surface area contributed by atoms with Crippen LogP contribution in [0, 0.1) is 11.7 Å². The molecule has 0 spiro atoms. The molecular formula is C21H24ClFN2O2. The van der Waals surface area contributed by atoms with Gasteiger partial charge in [0.25, 0.3) is 5.91 Å². The molecule has 27 heavy (non-hydrogen) atoms. The number of nitrogens with one attached hydrogen (secondary N) is 2. The quantitative estimate of drug-likeness (QED) is 0.590. The first-order valence-corrected chi connectivity index (χ1v) is 9.49. The summed E-state index contributed by atoms with van der Waals surface area (Å²) in [5.41, 5.74) is 1.23. The Bertz CT molecular complexity index is 793. The van der Waals surface area contributed by atoms with Crippen LogP contribution in [0.5, 0.6) is 0 Å². The number of carbonyl (C=O) groups excluding carboxylic acids is 2. The molecule has 0 radical (unpaired) electrons. The molecule has 0 fully saturated rings. The van der Waals surface area contributed by atoms with Crippen molar-refractivity contribution >= 4 is 34.8 Å². The highest BCUT2D eigenvalue weighted by Gasteiger charge is 2.18. The van der Waals surface area contributed by atoms with Crippen LogP contribution in [0.15, 0.2) is 42.5 Å². The van der Waals surface area contributed by atoms with E-state index in [4.69, 9.17) is 11.6 Å². The number of hydrogen-bond donors (Lipinski definition) is 2. The van der Waals surface area contributed by atoms with Crippen LogP contribution in [-0.4, -0.2) is 11.8 Å². The fraction of sp³-hybridized carbons (Fsp3) is 0.333. The predicted octanol–water partition coefficient (Wildman–Crippen LogP) is 5.89. The summed E-state index contributed by atoms with van der Waals surface area (Å²) < 4.78 is 13.0. The zero-order chi connectivity index (χ0) is 19.8. The molecule has 0 aliphatic heterocycles. The smallest absolute Gasteiger partial charge is 0.255 e. The molecule has 2 aromatic rings. The second kappa shape index (κ2) is 10.1. The Morgan fingerprint density at radius 3 is 2.41 bits per heavy atom. The normalized spacial score (nSPS) is 11.7. The van der Waals surface area contributed by atoms with Crippen molar-refractivity contribution in [3.63, 3.8) is 0 Å². The van der Waals surface area contributed by atoms with Gasteiger partial charge in [-0.3, -0.25) is 9.59 Å². The standard InChI is InChI=1S/C21H24ClFN2O2/c1-3-5-6-14(4-2)20(26)25-19-13-15(7-12-18(19)22)21(27)24-17-10-8-16(23)9-11-17/h7-14H,3-6H2,1-2H3,(H,24,27)(H,25,26)/t14-/m0/s1. The minimum Gasteiger partial charge on any atom is -0.325 e. The Kier molecular flexibility index (Phi) is 7.80. The zero-order valence-corrected chi connectivity index (χ0v) is 16.3. The molecule has 1 atom stereocenters. The molecule has 0 unspecified atom stereocenters. The molecule has 0 aromatic heterocycles. The predicted molar refractivity (Wildman–Crippen MR) is 108 cm³/mol. The van der Waals surface area contributed by atoms with Gasteiger partial charge in [-0.15, -0.1) is 0 Å². The van der Waals surface area contributed by atoms with E-state index in [1.807, 2.05) is 6.92 Å². The van der Waals surface area contributed by atoms with Gasteiger partial charge in [-0.1, -0.05) is 38.3 Å². The molecule has 6 heteroatoms. The summed E-state index contributed by atoms with van der Waals surface area (Å²) in [6.45, 7) is 4.07. The number of halogens is 2. The molecule has 0 bridgehead atoms. The Labute approximate surface area is 164 Å². The topological polar surface area (TPSA) is 58.2 Å². The number of benzene rings is 2. The summed E-state index contributed by atoms with van der Waals surface area (Å²) in [6, 6.07) is 10.2. The van der Waals surface area contributed by atoms with Gasteiger partial charge in [-0.2, -0.15) is 0 Å². The lowest BCUT2D eigenvalue weighted by Crippen LogP contribution is -2.23. The fourth-order valence-corrected chi connectivity index (χ4v) is 2.87. The number of rotatable bonds is 8. The Morgan fingerprint density at radius 2 is 1.78 bits per heavy atom. The van der Waals surface area contributed by atoms with E-state index in [0.29, 0.717) is 22.0 Å². The first-order valence-electron chi connectivity index (χ1n) is 9.11. The highest BCUT2D eigenvalue weighted by molar-refractivity contribution is 6.34. The van der Waals surface area contributed by atoms with Gasteiger partial charge < -0.3 is 10.6 Å². The first kappa shape index (κ1) is 20.9. The number of carbonyl (C=O) groups is 2. The van der Waals surface area contributed by atoms with Gasteiger partial charge >= 0.3 is 0 Å². The maximum atomic E-state index is 13.0. The zero-order valence-electron chi connectivity index (χ0n) is 15.5. The summed E-state index contributed by atoms with van der Waals surface area (Å²) >= 11 is 6.19. The maximum Gasteiger partial charge on any atom is 0.255 e. The van der Waals surface area contributed by atoms with Crippen LogP contribution >= 0.6 is 11.6 Å². The van der Waals surface area contributed by atoms with Crippen LogP contribution in [0.2, 0.25) is 5.02 Å². The maximum absolute atomic E-state index is 13.0. The minimum atomic E-state index is -0.377. The van der Waals surface area contributed by atoms with E-state index in [0.717, 1.165) is 25.7 Å². The van der Waals surface area contributed by atoms with Crippen LogP contribution in [-0.2, 0) is 4.79 Å². The van der Waals surface area contributed by atoms with E-state index >= 15 is 0 Å². The molecule has 4 nitrogen and oxygen atoms in total. The van der Waals surface area contributed by atoms with Gasteiger partial charge in [0.15, 0.2) is 0 Å². The van der Waals surface area contributed by atoms with Crippen LogP contribution in [0.3, 0.4) is 0 Å². The molecule has 0 heterocycles. The van der Waals surface area contributed by atoms with Crippen molar-refractivity contribution in [1.29, 1.82) is 0 Å². The third kappa shape index (κ3) is 6.07. The molecule has 2 aromatic carbocycles. The van der Waals surface area contributed by atoms with Gasteiger partial charge in [0.2, 0.25) is 5.91 Å². The van der Waals surface area contributed by atoms with Crippen molar-refractivity contribution in [3.05, 3.63) is 58.9 Å². The van der Waals surface area contributed by atoms with Gasteiger partial charge in [0, 0.05) is 17.2 Å². The van der Waals surface area contributed by atoms with E-state index < -0.39 is 0 Å². The SMILES string of the molecule is CCCC[C@H](CC)C(=O)Nc1cc(C(=O)Nc2ccc(F)cc2)ccc1Cl. The van der Waals surface area contributed by atoms with Crippen molar-refractivity contribution in [2.75, 3.05) is 10.6 Å². The first-order chi connectivity index (χ1) is 12.9. The van der Waals surface area contributed by atoms with Crippen molar-refractivity contribution in [2.45, 2.75) is 39.5 Å². The fourth-order valence-electron chi connectivity index (χ4n) is 2.70. The molecule has 144 valence electrons. The Hall–Kier alpha value is -2.40. The Balaban J connectivity index is 2.11. The second-order valence-electron chi connectivity index (χ2n) is 6.39. The number of unbranched alkanes of at least 4 members (excludes halogenated alkanes) is 1. The number of anilines is 2. The third-order valence-corrected chi connectivity index (χ3v) is 4.69. The molecule has 0 aliphatic carbocycles. The molecule has 2 amide bonds. The average Bonchev–Trinajstić information content (AvgIpc) is 2.66. The van der Waals surface area contributed by atoms with E-state index in [9.17, 15) is 14.0 Å². The van der Waals surface area contributed by atoms with Crippen LogP contribution in [0.1, 0.15) is 49.9 Å². The highest BCUT2D eigenvalue weighted by Crippen LogP contribution is 2.25. The molecular weight excluding hydrogens is 367 g/mol. The number of amides is 2. The lowest BCUT2D eigenvalue weighted by Gasteiger charge is -2.16. The number of hydrogen-bond acceptors (Lipinski definition) is 2. The third-order valence-electron chi connectivity index (χ3n) is 4.36. The van der Waals surface area contributed by atoms with Crippen LogP contribution < -0.4 is 10.6 Å². The molecule has 2 N–H and O–H groups in total. The molecule has 2 rings (SSSR count). The van der Waals surface area contributed by atoms with E-state index in [1.54, 1.807) is 18.2 Å². The summed E-state index contributed by atoms with van der Waals surface area (Å²) in [5.74, 6) is -0.925. The van der Waals surface area contributed by atoms with Gasteiger partial charge in [0.1, 0.15) is 5.82 Å². The van der Waals surface area contributed by atoms with Crippen LogP contribution in [0.4, 0.5) is 15.8 Å². The summed E-state index contributed by atoms with van der Waals surface area (Å²) in [6.07, 6.45) is 3.58. The van der Waals surface area contributed by atoms with E-state index in [-0.39, 0.29) is 23.5 Å². The van der Waals surface area contributed by atoms with E-state index in [2.05, 4.69) is 17.6 Å². The molecule has 0 aliphatic rings. The van der Waals surface area contributed by atoms with Gasteiger partial charge in [-0.25, -0.2) is 4.39 Å². The minimum absolute atomic E-state index is 0.0854. The van der Waals surface area contributed by atoms with Crippen molar-refractivity contribution in [2.24, 2.45) is 5.92 Å². The highest BCUT2D eigenvalue weighted by atomic mass is 35.5. The monoisotopic (exact) mass is 390 g/mol. The van der Waals surface area contributed by atoms with Gasteiger partial charge in [0.05, 0.1) is 10.7 Å². The van der Waals surface area contributed by atoms with Crippen molar-refractivity contribution in [3.8, 4) is 0 Å². The average molecular weight is 391 g/mol. The van der Waals surface area contributed by atoms with E-state index in [1.165, 1.54) is 24.3 Å². The van der Waals surface area contributed by atoms with Crippen molar-refractivity contribution in [1.82, 2.24) is 0 Å². The second-order valence-corrected chi connectivity index (χ2v) is 6.80. The molecule has 0 saturated heterocycles. The largest absolute Gasteiger partial charge is 0.325 e. The summed E-state index contributed by atoms with van der Waals surface area (Å²) in [7, 11) is 0. The van der Waals surface area contributed by atoms with Gasteiger partial charge in [-0.05, 0) is 55.3 Å². The lowest BCUT2D eigenvalue weighted by atomic mass is 9.98. The van der Waals surface area contributed by atoms with Crippen molar-refractivity contribution < 1.29 is 14.0 Å². The summed E-state index contributed by atoms with van der Waals surface area (Å²) in [4.78, 5) is 24.9. The van der Waals surface area contributed by atoms with Crippen LogP contribution in [0.25, 0.3) is 0 Å². The molecule has 0 saturated carbocycles. The summed E-state index contributed by atoms with van der Waals surface area (Å²) in [5, 5.41) is 5.89. The lowest BCUT2D eigenvalue weighted by molar-refractivity contribution is -0.120. The Morgan fingerprint density at radius 1 is 1.07 bits per heavy atom.